The van der Waals surface area contributed by atoms with Gasteiger partial charge >= 0.3 is 0 Å². The number of fused-ring (bicyclic) bond motifs is 1. The van der Waals surface area contributed by atoms with Crippen LogP contribution in [0.25, 0.3) is 11.0 Å². The Morgan fingerprint density at radius 1 is 1.50 bits per heavy atom. The summed E-state index contributed by atoms with van der Waals surface area (Å²) in [4.78, 5) is 15.2. The molecular formula is C9H6BrFN2O. The molecule has 2 aromatic heterocycles. The topological polar surface area (TPSA) is 34.9 Å². The summed E-state index contributed by atoms with van der Waals surface area (Å²) in [5.74, 6) is -0.473. The van der Waals surface area contributed by atoms with Crippen molar-refractivity contribution in [3.63, 3.8) is 0 Å². The summed E-state index contributed by atoms with van der Waals surface area (Å²) in [6.07, 6.45) is 1.12. The Kier molecular flexibility index (Phi) is 2.11. The van der Waals surface area contributed by atoms with Crippen molar-refractivity contribution in [1.82, 2.24) is 9.55 Å². The molecule has 0 aliphatic rings. The Balaban J connectivity index is 3.06. The number of hydrogen-bond acceptors (Lipinski definition) is 2. The number of nitrogens with zero attached hydrogens (tertiary/aromatic N) is 2. The molecule has 0 aliphatic heterocycles. The first-order valence-corrected chi connectivity index (χ1v) is 4.70. The smallest absolute Gasteiger partial charge is 0.250 e. The molecule has 0 saturated carbocycles. The van der Waals surface area contributed by atoms with Crippen LogP contribution in [0.1, 0.15) is 0 Å². The molecule has 72 valence electrons. The van der Waals surface area contributed by atoms with Crippen LogP contribution in [0, 0.1) is 5.82 Å². The summed E-state index contributed by atoms with van der Waals surface area (Å²) in [5, 5.41) is 0. The largest absolute Gasteiger partial charge is 0.309 e. The van der Waals surface area contributed by atoms with E-state index >= 15 is 0 Å². The summed E-state index contributed by atoms with van der Waals surface area (Å²) in [6, 6.07) is 2.97. The third-order valence-corrected chi connectivity index (χ3v) is 2.78. The second kappa shape index (κ2) is 3.16. The van der Waals surface area contributed by atoms with Crippen LogP contribution in [0.15, 0.2) is 27.6 Å². The van der Waals surface area contributed by atoms with Crippen molar-refractivity contribution in [3.05, 3.63) is 39.0 Å². The van der Waals surface area contributed by atoms with Crippen molar-refractivity contribution in [2.45, 2.75) is 0 Å². The van der Waals surface area contributed by atoms with E-state index in [2.05, 4.69) is 20.9 Å². The van der Waals surface area contributed by atoms with Crippen LogP contribution in [0.5, 0.6) is 0 Å². The fraction of sp³-hybridized carbons (Fsp3) is 0.111. The zero-order chi connectivity index (χ0) is 10.3. The molecule has 0 unspecified atom stereocenters. The molecule has 0 spiro atoms. The van der Waals surface area contributed by atoms with Crippen LogP contribution in [-0.4, -0.2) is 9.55 Å². The van der Waals surface area contributed by atoms with Gasteiger partial charge in [0.2, 0.25) is 0 Å². The van der Waals surface area contributed by atoms with Gasteiger partial charge in [-0.1, -0.05) is 0 Å². The number of hydrogen-bond donors (Lipinski definition) is 0. The summed E-state index contributed by atoms with van der Waals surface area (Å²) in [7, 11) is 1.58. The Morgan fingerprint density at radius 3 is 2.93 bits per heavy atom. The number of aryl methyl sites for hydroxylation is 1. The highest BCUT2D eigenvalue weighted by Crippen LogP contribution is 2.22. The maximum absolute atomic E-state index is 13.1. The van der Waals surface area contributed by atoms with E-state index in [1.54, 1.807) is 13.1 Å². The van der Waals surface area contributed by atoms with E-state index in [4.69, 9.17) is 0 Å². The lowest BCUT2D eigenvalue weighted by molar-refractivity contribution is 0.616. The van der Waals surface area contributed by atoms with Crippen LogP contribution in [-0.2, 0) is 7.05 Å². The molecule has 2 heterocycles. The number of halogens is 2. The Labute approximate surface area is 87.3 Å². The second-order valence-electron chi connectivity index (χ2n) is 2.88. The molecule has 0 fully saturated rings. The van der Waals surface area contributed by atoms with Crippen LogP contribution in [0.2, 0.25) is 0 Å². The molecule has 2 aromatic rings. The van der Waals surface area contributed by atoms with Crippen LogP contribution in [0.3, 0.4) is 0 Å². The van der Waals surface area contributed by atoms with Gasteiger partial charge in [0.15, 0.2) is 5.82 Å². The van der Waals surface area contributed by atoms with Crippen molar-refractivity contribution >= 4 is 27.0 Å². The summed E-state index contributed by atoms with van der Waals surface area (Å²) < 4.78 is 14.8. The molecule has 0 bridgehead atoms. The predicted molar refractivity (Wildman–Crippen MR) is 54.6 cm³/mol. The van der Waals surface area contributed by atoms with E-state index < -0.39 is 5.82 Å². The minimum Gasteiger partial charge on any atom is -0.309 e. The summed E-state index contributed by atoms with van der Waals surface area (Å²) in [5.41, 5.74) is 0.864. The lowest BCUT2D eigenvalue weighted by Gasteiger charge is -2.05. The monoisotopic (exact) mass is 256 g/mol. The van der Waals surface area contributed by atoms with E-state index in [-0.39, 0.29) is 10.0 Å². The average Bonchev–Trinajstić information content (AvgIpc) is 2.17. The maximum atomic E-state index is 13.1. The molecule has 0 atom stereocenters. The number of pyridine rings is 2. The average molecular weight is 257 g/mol. The highest BCUT2D eigenvalue weighted by Gasteiger charge is 2.08. The Hall–Kier alpha value is -1.23. The molecule has 0 aliphatic carbocycles. The Bertz CT molecular complexity index is 564. The molecule has 0 N–H and O–H groups in total. The molecule has 14 heavy (non-hydrogen) atoms. The fourth-order valence-corrected chi connectivity index (χ4v) is 1.85. The standard InChI is InChI=1S/C9H6BrFN2O/c1-13-7(14)3-2-6-9(13)8(10)5(11)4-12-6/h2-4H,1H3. The van der Waals surface area contributed by atoms with Gasteiger partial charge in [-0.3, -0.25) is 9.78 Å². The molecule has 0 aromatic carbocycles. The SMILES string of the molecule is Cn1c(=O)ccc2ncc(F)c(Br)c21. The molecule has 0 saturated heterocycles. The van der Waals surface area contributed by atoms with Crippen molar-refractivity contribution in [2.24, 2.45) is 7.05 Å². The van der Waals surface area contributed by atoms with Gasteiger partial charge in [0, 0.05) is 13.1 Å². The quantitative estimate of drug-likeness (QED) is 0.721. The summed E-state index contributed by atoms with van der Waals surface area (Å²) >= 11 is 3.09. The minimum absolute atomic E-state index is 0.189. The van der Waals surface area contributed by atoms with Gasteiger partial charge in [-0.2, -0.15) is 0 Å². The molecule has 0 radical (unpaired) electrons. The Morgan fingerprint density at radius 2 is 2.21 bits per heavy atom. The first kappa shape index (κ1) is 9.33. The van der Waals surface area contributed by atoms with Gasteiger partial charge in [0.05, 0.1) is 21.7 Å². The van der Waals surface area contributed by atoms with Crippen molar-refractivity contribution in [2.75, 3.05) is 0 Å². The minimum atomic E-state index is -0.473. The van der Waals surface area contributed by atoms with Crippen molar-refractivity contribution in [1.29, 1.82) is 0 Å². The normalized spacial score (nSPS) is 10.8. The third kappa shape index (κ3) is 1.24. The third-order valence-electron chi connectivity index (χ3n) is 2.03. The zero-order valence-electron chi connectivity index (χ0n) is 7.29. The molecule has 0 amide bonds. The van der Waals surface area contributed by atoms with Gasteiger partial charge in [-0.05, 0) is 22.0 Å². The van der Waals surface area contributed by atoms with Crippen LogP contribution >= 0.6 is 15.9 Å². The highest BCUT2D eigenvalue weighted by atomic mass is 79.9. The number of rotatable bonds is 0. The van der Waals surface area contributed by atoms with Crippen molar-refractivity contribution in [3.8, 4) is 0 Å². The molecule has 2 rings (SSSR count). The zero-order valence-corrected chi connectivity index (χ0v) is 8.88. The van der Waals surface area contributed by atoms with Gasteiger partial charge in [-0.25, -0.2) is 4.39 Å². The first-order chi connectivity index (χ1) is 6.61. The number of aromatic nitrogens is 2. The first-order valence-electron chi connectivity index (χ1n) is 3.91. The maximum Gasteiger partial charge on any atom is 0.250 e. The van der Waals surface area contributed by atoms with E-state index in [0.29, 0.717) is 11.0 Å². The molecule has 3 nitrogen and oxygen atoms in total. The highest BCUT2D eigenvalue weighted by molar-refractivity contribution is 9.10. The van der Waals surface area contributed by atoms with E-state index in [1.165, 1.54) is 10.6 Å². The summed E-state index contributed by atoms with van der Waals surface area (Å²) in [6.45, 7) is 0. The van der Waals surface area contributed by atoms with Gasteiger partial charge in [-0.15, -0.1) is 0 Å². The van der Waals surface area contributed by atoms with Crippen LogP contribution < -0.4 is 5.56 Å². The lowest BCUT2D eigenvalue weighted by Crippen LogP contribution is -2.16. The molecule has 5 heteroatoms. The predicted octanol–water partition coefficient (Wildman–Crippen LogP) is 1.84. The van der Waals surface area contributed by atoms with E-state index in [0.717, 1.165) is 6.20 Å². The second-order valence-corrected chi connectivity index (χ2v) is 3.68. The molecular weight excluding hydrogens is 251 g/mol. The van der Waals surface area contributed by atoms with Crippen LogP contribution in [0.4, 0.5) is 4.39 Å². The van der Waals surface area contributed by atoms with Crippen molar-refractivity contribution < 1.29 is 4.39 Å². The van der Waals surface area contributed by atoms with E-state index in [1.807, 2.05) is 0 Å². The van der Waals surface area contributed by atoms with Gasteiger partial charge in [0.1, 0.15) is 0 Å². The van der Waals surface area contributed by atoms with Gasteiger partial charge in [0.25, 0.3) is 5.56 Å². The fourth-order valence-electron chi connectivity index (χ4n) is 1.28. The van der Waals surface area contributed by atoms with E-state index in [9.17, 15) is 9.18 Å². The lowest BCUT2D eigenvalue weighted by atomic mass is 10.3. The van der Waals surface area contributed by atoms with Gasteiger partial charge < -0.3 is 4.57 Å².